The van der Waals surface area contributed by atoms with E-state index in [2.05, 4.69) is 0 Å². The zero-order chi connectivity index (χ0) is 12.6. The first kappa shape index (κ1) is 11.4. The Labute approximate surface area is 98.2 Å². The molecule has 17 heavy (non-hydrogen) atoms. The van der Waals surface area contributed by atoms with Gasteiger partial charge in [0.05, 0.1) is 18.1 Å². The molecular weight excluding hydrogens is 220 g/mol. The first-order valence-electron chi connectivity index (χ1n) is 5.17. The van der Waals surface area contributed by atoms with Crippen LogP contribution in [0, 0.1) is 0 Å². The summed E-state index contributed by atoms with van der Waals surface area (Å²) in [5, 5.41) is 0.644. The summed E-state index contributed by atoms with van der Waals surface area (Å²) < 4.78 is 10.6. The van der Waals surface area contributed by atoms with E-state index in [1.54, 1.807) is 18.2 Å². The number of rotatable bonds is 3. The molecule has 0 bridgehead atoms. The van der Waals surface area contributed by atoms with Crippen molar-refractivity contribution in [3.05, 3.63) is 29.5 Å². The van der Waals surface area contributed by atoms with Crippen LogP contribution in [-0.2, 0) is 0 Å². The predicted octanol–water partition coefficient (Wildman–Crippen LogP) is 2.85. The van der Waals surface area contributed by atoms with Crippen molar-refractivity contribution in [3.63, 3.8) is 0 Å². The normalized spacial score (nSPS) is 10.5. The van der Waals surface area contributed by atoms with Gasteiger partial charge in [0.1, 0.15) is 11.3 Å². The minimum atomic E-state index is -0.183. The van der Waals surface area contributed by atoms with Crippen LogP contribution in [0.25, 0.3) is 11.0 Å². The van der Waals surface area contributed by atoms with Gasteiger partial charge >= 0.3 is 0 Å². The van der Waals surface area contributed by atoms with Gasteiger partial charge in [0, 0.05) is 6.92 Å². The number of carbonyl (C=O) groups excluding carboxylic acids is 2. The molecule has 0 saturated carbocycles. The lowest BCUT2D eigenvalue weighted by Crippen LogP contribution is -1.93. The zero-order valence-electron chi connectivity index (χ0n) is 9.87. The minimum Gasteiger partial charge on any atom is -0.496 e. The highest BCUT2D eigenvalue weighted by molar-refractivity contribution is 6.08. The Morgan fingerprint density at radius 2 is 1.88 bits per heavy atom. The summed E-state index contributed by atoms with van der Waals surface area (Å²) in [5.74, 6) is 0.521. The van der Waals surface area contributed by atoms with Gasteiger partial charge in [-0.3, -0.25) is 9.59 Å². The Balaban J connectivity index is 2.81. The van der Waals surface area contributed by atoms with E-state index >= 15 is 0 Å². The van der Waals surface area contributed by atoms with Crippen molar-refractivity contribution < 1.29 is 18.7 Å². The Morgan fingerprint density at radius 3 is 2.41 bits per heavy atom. The third kappa shape index (κ3) is 1.82. The molecule has 0 N–H and O–H groups in total. The SMILES string of the molecule is COc1ccc(C(C)=O)c2oc(C(C)=O)cc12. The monoisotopic (exact) mass is 232 g/mol. The molecule has 4 heteroatoms. The topological polar surface area (TPSA) is 56.5 Å². The lowest BCUT2D eigenvalue weighted by Gasteiger charge is -2.02. The van der Waals surface area contributed by atoms with E-state index in [0.29, 0.717) is 22.3 Å². The van der Waals surface area contributed by atoms with Crippen molar-refractivity contribution in [1.82, 2.24) is 0 Å². The summed E-state index contributed by atoms with van der Waals surface area (Å²) in [5.41, 5.74) is 0.857. The highest BCUT2D eigenvalue weighted by Gasteiger charge is 2.16. The molecule has 2 aromatic rings. The van der Waals surface area contributed by atoms with E-state index in [-0.39, 0.29) is 17.3 Å². The number of furan rings is 1. The fourth-order valence-electron chi connectivity index (χ4n) is 1.73. The molecule has 1 aromatic carbocycles. The Bertz CT molecular complexity index is 607. The van der Waals surface area contributed by atoms with Crippen LogP contribution >= 0.6 is 0 Å². The highest BCUT2D eigenvalue weighted by Crippen LogP contribution is 2.31. The van der Waals surface area contributed by atoms with Gasteiger partial charge in [-0.05, 0) is 25.1 Å². The van der Waals surface area contributed by atoms with Crippen molar-refractivity contribution in [2.24, 2.45) is 0 Å². The molecule has 0 aliphatic rings. The summed E-state index contributed by atoms with van der Waals surface area (Å²) in [6, 6.07) is 4.93. The average molecular weight is 232 g/mol. The summed E-state index contributed by atoms with van der Waals surface area (Å²) in [4.78, 5) is 22.7. The van der Waals surface area contributed by atoms with Gasteiger partial charge in [-0.2, -0.15) is 0 Å². The molecule has 0 saturated heterocycles. The fraction of sp³-hybridized carbons (Fsp3) is 0.231. The number of hydrogen-bond donors (Lipinski definition) is 0. The lowest BCUT2D eigenvalue weighted by atomic mass is 10.1. The quantitative estimate of drug-likeness (QED) is 0.763. The van der Waals surface area contributed by atoms with E-state index < -0.39 is 0 Å². The van der Waals surface area contributed by atoms with E-state index in [9.17, 15) is 9.59 Å². The first-order valence-corrected chi connectivity index (χ1v) is 5.17. The lowest BCUT2D eigenvalue weighted by molar-refractivity contribution is 0.0983. The number of benzene rings is 1. The van der Waals surface area contributed by atoms with Gasteiger partial charge in [-0.15, -0.1) is 0 Å². The van der Waals surface area contributed by atoms with Crippen LogP contribution in [0.5, 0.6) is 5.75 Å². The zero-order valence-corrected chi connectivity index (χ0v) is 9.87. The number of ether oxygens (including phenoxy) is 1. The number of fused-ring (bicyclic) bond motifs is 1. The highest BCUT2D eigenvalue weighted by atomic mass is 16.5. The fourth-order valence-corrected chi connectivity index (χ4v) is 1.73. The second-order valence-electron chi connectivity index (χ2n) is 3.78. The molecule has 0 radical (unpaired) electrons. The van der Waals surface area contributed by atoms with Crippen LogP contribution in [0.3, 0.4) is 0 Å². The van der Waals surface area contributed by atoms with Crippen molar-refractivity contribution in [1.29, 1.82) is 0 Å². The molecule has 2 rings (SSSR count). The molecule has 88 valence electrons. The number of ketones is 2. The minimum absolute atomic E-state index is 0.109. The van der Waals surface area contributed by atoms with Crippen molar-refractivity contribution in [2.75, 3.05) is 7.11 Å². The number of Topliss-reactive ketones (excluding diaryl/α,β-unsaturated/α-hetero) is 2. The average Bonchev–Trinajstić information content (AvgIpc) is 2.71. The molecule has 4 nitrogen and oxygen atoms in total. The van der Waals surface area contributed by atoms with Gasteiger partial charge in [0.15, 0.2) is 17.3 Å². The summed E-state index contributed by atoms with van der Waals surface area (Å²) in [6.07, 6.45) is 0. The molecular formula is C13H12O4. The van der Waals surface area contributed by atoms with Crippen LogP contribution in [-0.4, -0.2) is 18.7 Å². The van der Waals surface area contributed by atoms with Crippen LogP contribution in [0.15, 0.2) is 22.6 Å². The maximum absolute atomic E-state index is 11.5. The van der Waals surface area contributed by atoms with Crippen molar-refractivity contribution in [3.8, 4) is 5.75 Å². The smallest absolute Gasteiger partial charge is 0.194 e. The molecule has 0 atom stereocenters. The summed E-state index contributed by atoms with van der Waals surface area (Å²) >= 11 is 0. The number of methoxy groups -OCH3 is 1. The number of carbonyl (C=O) groups is 2. The largest absolute Gasteiger partial charge is 0.496 e. The van der Waals surface area contributed by atoms with E-state index in [0.717, 1.165) is 0 Å². The van der Waals surface area contributed by atoms with Gasteiger partial charge in [-0.1, -0.05) is 0 Å². The molecule has 0 fully saturated rings. The van der Waals surface area contributed by atoms with Gasteiger partial charge in [0.2, 0.25) is 0 Å². The molecule has 0 spiro atoms. The summed E-state index contributed by atoms with van der Waals surface area (Å²) in [6.45, 7) is 2.87. The maximum Gasteiger partial charge on any atom is 0.194 e. The number of hydrogen-bond acceptors (Lipinski definition) is 4. The van der Waals surface area contributed by atoms with Gasteiger partial charge < -0.3 is 9.15 Å². The third-order valence-electron chi connectivity index (χ3n) is 2.59. The van der Waals surface area contributed by atoms with Crippen molar-refractivity contribution in [2.45, 2.75) is 13.8 Å². The van der Waals surface area contributed by atoms with Gasteiger partial charge in [-0.25, -0.2) is 0 Å². The molecule has 0 unspecified atom stereocenters. The molecule has 0 aliphatic heterocycles. The van der Waals surface area contributed by atoms with Crippen LogP contribution in [0.2, 0.25) is 0 Å². The first-order chi connectivity index (χ1) is 8.04. The van der Waals surface area contributed by atoms with Crippen LogP contribution in [0.4, 0.5) is 0 Å². The van der Waals surface area contributed by atoms with E-state index in [4.69, 9.17) is 9.15 Å². The van der Waals surface area contributed by atoms with Crippen molar-refractivity contribution >= 4 is 22.5 Å². The molecule has 0 amide bonds. The Morgan fingerprint density at radius 1 is 1.18 bits per heavy atom. The third-order valence-corrected chi connectivity index (χ3v) is 2.59. The molecule has 0 aliphatic carbocycles. The Kier molecular flexibility index (Phi) is 2.71. The second-order valence-corrected chi connectivity index (χ2v) is 3.78. The van der Waals surface area contributed by atoms with Crippen LogP contribution in [0.1, 0.15) is 34.8 Å². The molecule has 1 heterocycles. The Hall–Kier alpha value is -2.10. The predicted molar refractivity (Wildman–Crippen MR) is 62.8 cm³/mol. The van der Waals surface area contributed by atoms with E-state index in [1.165, 1.54) is 21.0 Å². The summed E-state index contributed by atoms with van der Waals surface area (Å²) in [7, 11) is 1.53. The second kappa shape index (κ2) is 4.05. The van der Waals surface area contributed by atoms with E-state index in [1.807, 2.05) is 0 Å². The molecule has 1 aromatic heterocycles. The van der Waals surface area contributed by atoms with Gasteiger partial charge in [0.25, 0.3) is 0 Å². The maximum atomic E-state index is 11.5. The standard InChI is InChI=1S/C13H12O4/c1-7(14)9-4-5-11(16-3)10-6-12(8(2)15)17-13(9)10/h4-6H,1-3H3. The van der Waals surface area contributed by atoms with Crippen LogP contribution < -0.4 is 4.74 Å².